The molecule has 1 aromatic rings. The smallest absolute Gasteiger partial charge is 0.127 e. The van der Waals surface area contributed by atoms with Crippen LogP contribution in [-0.2, 0) is 0 Å². The molecule has 17 heavy (non-hydrogen) atoms. The van der Waals surface area contributed by atoms with Gasteiger partial charge >= 0.3 is 0 Å². The summed E-state index contributed by atoms with van der Waals surface area (Å²) in [5, 5.41) is 3.59. The van der Waals surface area contributed by atoms with Gasteiger partial charge in [0.2, 0.25) is 0 Å². The van der Waals surface area contributed by atoms with Crippen molar-refractivity contribution in [3.63, 3.8) is 0 Å². The maximum Gasteiger partial charge on any atom is 0.127 e. The Morgan fingerprint density at radius 1 is 1.47 bits per heavy atom. The third-order valence-electron chi connectivity index (χ3n) is 3.03. The lowest BCUT2D eigenvalue weighted by Crippen LogP contribution is -2.29. The van der Waals surface area contributed by atoms with Crippen LogP contribution in [0, 0.1) is 5.92 Å². The van der Waals surface area contributed by atoms with Gasteiger partial charge in [-0.3, -0.25) is 0 Å². The fraction of sp³-hybridized carbons (Fsp3) is 0.571. The highest BCUT2D eigenvalue weighted by molar-refractivity contribution is 5.43. The molecule has 94 valence electrons. The Bertz CT molecular complexity index is 376. The number of hydrogen-bond acceptors (Lipinski definition) is 3. The number of rotatable bonds is 4. The van der Waals surface area contributed by atoms with E-state index in [1.807, 2.05) is 12.1 Å². The molecule has 2 rings (SSSR count). The molecule has 0 saturated heterocycles. The maximum absolute atomic E-state index is 5.68. The van der Waals surface area contributed by atoms with E-state index in [0.717, 1.165) is 31.1 Å². The van der Waals surface area contributed by atoms with Crippen LogP contribution in [0.4, 0.5) is 0 Å². The van der Waals surface area contributed by atoms with Crippen LogP contribution < -0.4 is 14.8 Å². The summed E-state index contributed by atoms with van der Waals surface area (Å²) in [5.41, 5.74) is 1.25. The zero-order valence-electron chi connectivity index (χ0n) is 10.8. The molecule has 0 spiro atoms. The van der Waals surface area contributed by atoms with Crippen molar-refractivity contribution in [1.29, 1.82) is 0 Å². The Morgan fingerprint density at radius 2 is 2.29 bits per heavy atom. The molecule has 0 saturated carbocycles. The van der Waals surface area contributed by atoms with Crippen molar-refractivity contribution < 1.29 is 9.47 Å². The predicted molar refractivity (Wildman–Crippen MR) is 68.7 cm³/mol. The molecular weight excluding hydrogens is 214 g/mol. The molecule has 0 aliphatic carbocycles. The third-order valence-corrected chi connectivity index (χ3v) is 3.03. The summed E-state index contributed by atoms with van der Waals surface area (Å²) in [6.45, 7) is 6.26. The highest BCUT2D eigenvalue weighted by Crippen LogP contribution is 2.34. The number of hydrogen-bond donors (Lipinski definition) is 1. The van der Waals surface area contributed by atoms with E-state index in [-0.39, 0.29) is 0 Å². The van der Waals surface area contributed by atoms with Gasteiger partial charge in [0.25, 0.3) is 0 Å². The van der Waals surface area contributed by atoms with Crippen molar-refractivity contribution in [2.75, 3.05) is 20.3 Å². The highest BCUT2D eigenvalue weighted by Gasteiger charge is 2.21. The van der Waals surface area contributed by atoms with Gasteiger partial charge in [-0.15, -0.1) is 0 Å². The van der Waals surface area contributed by atoms with Crippen molar-refractivity contribution in [2.24, 2.45) is 5.92 Å². The van der Waals surface area contributed by atoms with Crippen molar-refractivity contribution >= 4 is 0 Å². The molecule has 1 unspecified atom stereocenters. The molecule has 0 radical (unpaired) electrons. The molecule has 1 aromatic carbocycles. The van der Waals surface area contributed by atoms with E-state index < -0.39 is 0 Å². The minimum Gasteiger partial charge on any atom is -0.497 e. The van der Waals surface area contributed by atoms with Crippen LogP contribution in [0.1, 0.15) is 31.9 Å². The summed E-state index contributed by atoms with van der Waals surface area (Å²) in [6.07, 6.45) is 1.03. The zero-order valence-corrected chi connectivity index (χ0v) is 10.8. The molecule has 0 aromatic heterocycles. The quantitative estimate of drug-likeness (QED) is 0.870. The van der Waals surface area contributed by atoms with Crippen LogP contribution in [0.25, 0.3) is 0 Å². The Hall–Kier alpha value is -1.22. The Morgan fingerprint density at radius 3 is 3.00 bits per heavy atom. The van der Waals surface area contributed by atoms with Crippen LogP contribution in [0.3, 0.4) is 0 Å². The lowest BCUT2D eigenvalue weighted by molar-refractivity contribution is 0.248. The third kappa shape index (κ3) is 2.91. The molecule has 1 aliphatic heterocycles. The number of fused-ring (bicyclic) bond motifs is 1. The molecular formula is C14H21NO2. The van der Waals surface area contributed by atoms with Crippen molar-refractivity contribution in [3.8, 4) is 11.5 Å². The summed E-state index contributed by atoms with van der Waals surface area (Å²) in [4.78, 5) is 0. The molecule has 3 heteroatoms. The summed E-state index contributed by atoms with van der Waals surface area (Å²) in [7, 11) is 1.68. The van der Waals surface area contributed by atoms with Crippen molar-refractivity contribution in [3.05, 3.63) is 23.8 Å². The van der Waals surface area contributed by atoms with E-state index in [4.69, 9.17) is 9.47 Å². The van der Waals surface area contributed by atoms with E-state index >= 15 is 0 Å². The van der Waals surface area contributed by atoms with Crippen LogP contribution in [0.5, 0.6) is 11.5 Å². The number of ether oxygens (including phenoxy) is 2. The van der Waals surface area contributed by atoms with Crippen molar-refractivity contribution in [2.45, 2.75) is 26.3 Å². The van der Waals surface area contributed by atoms with Gasteiger partial charge in [-0.2, -0.15) is 0 Å². The minimum atomic E-state index is 0.409. The first-order chi connectivity index (χ1) is 8.20. The topological polar surface area (TPSA) is 30.5 Å². The highest BCUT2D eigenvalue weighted by atomic mass is 16.5. The molecule has 0 amide bonds. The van der Waals surface area contributed by atoms with E-state index in [0.29, 0.717) is 12.0 Å². The molecule has 1 heterocycles. The van der Waals surface area contributed by atoms with E-state index in [1.165, 1.54) is 5.56 Å². The van der Waals surface area contributed by atoms with Gasteiger partial charge < -0.3 is 14.8 Å². The lowest BCUT2D eigenvalue weighted by atomic mass is 10.00. The van der Waals surface area contributed by atoms with Gasteiger partial charge in [-0.25, -0.2) is 0 Å². The van der Waals surface area contributed by atoms with E-state index in [9.17, 15) is 0 Å². The van der Waals surface area contributed by atoms with Crippen LogP contribution in [0.15, 0.2) is 18.2 Å². The Balaban J connectivity index is 2.14. The molecule has 1 aliphatic rings. The summed E-state index contributed by atoms with van der Waals surface area (Å²) in [6, 6.07) is 6.48. The van der Waals surface area contributed by atoms with Crippen LogP contribution in [0.2, 0.25) is 0 Å². The van der Waals surface area contributed by atoms with E-state index in [2.05, 4.69) is 25.2 Å². The van der Waals surface area contributed by atoms with Crippen LogP contribution in [-0.4, -0.2) is 20.3 Å². The van der Waals surface area contributed by atoms with Gasteiger partial charge in [-0.1, -0.05) is 19.9 Å². The number of benzene rings is 1. The van der Waals surface area contributed by atoms with Crippen LogP contribution >= 0.6 is 0 Å². The number of nitrogens with one attached hydrogen (secondary N) is 1. The standard InChI is InChI=1S/C14H21NO2/c1-10(2)9-15-13-6-7-17-14-8-11(16-3)4-5-12(13)14/h4-5,8,10,13,15H,6-7,9H2,1-3H3. The summed E-state index contributed by atoms with van der Waals surface area (Å²) < 4.78 is 10.9. The fourth-order valence-electron chi connectivity index (χ4n) is 2.09. The average molecular weight is 235 g/mol. The summed E-state index contributed by atoms with van der Waals surface area (Å²) in [5.74, 6) is 2.48. The van der Waals surface area contributed by atoms with Gasteiger partial charge in [0, 0.05) is 24.1 Å². The molecule has 1 N–H and O–H groups in total. The first-order valence-electron chi connectivity index (χ1n) is 6.25. The van der Waals surface area contributed by atoms with Gasteiger partial charge in [-0.05, 0) is 18.5 Å². The number of methoxy groups -OCH3 is 1. The van der Waals surface area contributed by atoms with Gasteiger partial charge in [0.1, 0.15) is 11.5 Å². The minimum absolute atomic E-state index is 0.409. The normalized spacial score (nSPS) is 18.7. The first-order valence-corrected chi connectivity index (χ1v) is 6.25. The van der Waals surface area contributed by atoms with Gasteiger partial charge in [0.05, 0.1) is 13.7 Å². The second kappa shape index (κ2) is 5.41. The summed E-state index contributed by atoms with van der Waals surface area (Å²) >= 11 is 0. The SMILES string of the molecule is COc1ccc2c(c1)OCCC2NCC(C)C. The molecule has 0 bridgehead atoms. The fourth-order valence-corrected chi connectivity index (χ4v) is 2.09. The molecule has 1 atom stereocenters. The lowest BCUT2D eigenvalue weighted by Gasteiger charge is -2.27. The Kier molecular flexibility index (Phi) is 3.89. The van der Waals surface area contributed by atoms with Crippen molar-refractivity contribution in [1.82, 2.24) is 5.32 Å². The first kappa shape index (κ1) is 12.2. The second-order valence-electron chi connectivity index (χ2n) is 4.90. The maximum atomic E-state index is 5.68. The molecule has 0 fully saturated rings. The largest absolute Gasteiger partial charge is 0.497 e. The monoisotopic (exact) mass is 235 g/mol. The second-order valence-corrected chi connectivity index (χ2v) is 4.90. The Labute approximate surface area is 103 Å². The van der Waals surface area contributed by atoms with E-state index in [1.54, 1.807) is 7.11 Å². The average Bonchev–Trinajstić information content (AvgIpc) is 2.35. The molecule has 3 nitrogen and oxygen atoms in total. The van der Waals surface area contributed by atoms with Gasteiger partial charge in [0.15, 0.2) is 0 Å². The predicted octanol–water partition coefficient (Wildman–Crippen LogP) is 2.76. The zero-order chi connectivity index (χ0) is 12.3.